The molecule has 1 unspecified atom stereocenters. The van der Waals surface area contributed by atoms with Gasteiger partial charge in [0.05, 0.1) is 16.9 Å². The number of benzene rings is 2. The molecule has 1 aliphatic heterocycles. The number of para-hydroxylation sites is 1. The number of nitrogens with zero attached hydrogens (tertiary/aromatic N) is 2. The van der Waals surface area contributed by atoms with E-state index >= 15 is 0 Å². The predicted octanol–water partition coefficient (Wildman–Crippen LogP) is 3.36. The highest BCUT2D eigenvalue weighted by Crippen LogP contribution is 2.32. The lowest BCUT2D eigenvalue weighted by Crippen LogP contribution is -2.31. The van der Waals surface area contributed by atoms with Crippen molar-refractivity contribution in [3.63, 3.8) is 0 Å². The topological polar surface area (TPSA) is 66.1 Å². The molecule has 4 rings (SSSR count). The maximum atomic E-state index is 13.2. The number of rotatable bonds is 4. The zero-order valence-electron chi connectivity index (χ0n) is 14.8. The quantitative estimate of drug-likeness (QED) is 0.771. The molecule has 138 valence electrons. The molecule has 27 heavy (non-hydrogen) atoms. The van der Waals surface area contributed by atoms with E-state index in [1.165, 1.54) is 12.1 Å². The first-order valence-corrected chi connectivity index (χ1v) is 9.15. The van der Waals surface area contributed by atoms with Crippen molar-refractivity contribution in [2.45, 2.75) is 31.7 Å². The van der Waals surface area contributed by atoms with Crippen LogP contribution in [0.5, 0.6) is 0 Å². The maximum absolute atomic E-state index is 13.2. The van der Waals surface area contributed by atoms with Crippen molar-refractivity contribution in [2.24, 2.45) is 0 Å². The largest absolute Gasteiger partial charge is 0.336 e. The normalized spacial score (nSPS) is 16.8. The van der Waals surface area contributed by atoms with Crippen molar-refractivity contribution in [1.29, 1.82) is 0 Å². The molecule has 1 fully saturated rings. The number of H-pyrrole nitrogens is 1. The number of aromatic amines is 1. The Morgan fingerprint density at radius 3 is 2.78 bits per heavy atom. The van der Waals surface area contributed by atoms with Crippen LogP contribution in [0.3, 0.4) is 0 Å². The molecular weight excluding hydrogens is 345 g/mol. The van der Waals surface area contributed by atoms with Gasteiger partial charge in [-0.1, -0.05) is 24.3 Å². The zero-order chi connectivity index (χ0) is 18.8. The van der Waals surface area contributed by atoms with E-state index < -0.39 is 0 Å². The summed E-state index contributed by atoms with van der Waals surface area (Å²) in [5.41, 5.74) is 1.40. The van der Waals surface area contributed by atoms with Crippen LogP contribution >= 0.6 is 0 Å². The molecule has 1 N–H and O–H groups in total. The average molecular weight is 365 g/mol. The van der Waals surface area contributed by atoms with E-state index in [4.69, 9.17) is 0 Å². The second-order valence-corrected chi connectivity index (χ2v) is 6.83. The van der Waals surface area contributed by atoms with E-state index in [1.807, 2.05) is 11.0 Å². The third kappa shape index (κ3) is 3.60. The second kappa shape index (κ2) is 7.31. The van der Waals surface area contributed by atoms with Gasteiger partial charge in [0, 0.05) is 19.4 Å². The molecule has 1 aliphatic rings. The van der Waals surface area contributed by atoms with Gasteiger partial charge < -0.3 is 9.88 Å². The van der Waals surface area contributed by atoms with E-state index in [-0.39, 0.29) is 29.7 Å². The molecule has 1 atom stereocenters. The van der Waals surface area contributed by atoms with Crippen molar-refractivity contribution in [3.8, 4) is 0 Å². The van der Waals surface area contributed by atoms with E-state index in [1.54, 1.807) is 30.3 Å². The summed E-state index contributed by atoms with van der Waals surface area (Å²) in [7, 11) is 0. The lowest BCUT2D eigenvalue weighted by Gasteiger charge is -2.25. The molecule has 0 saturated carbocycles. The highest BCUT2D eigenvalue weighted by molar-refractivity contribution is 5.78. The summed E-state index contributed by atoms with van der Waals surface area (Å²) < 4.78 is 13.2. The van der Waals surface area contributed by atoms with Crippen LogP contribution in [-0.2, 0) is 11.2 Å². The molecule has 1 saturated heterocycles. The molecular formula is C21H20FN3O2. The van der Waals surface area contributed by atoms with Crippen LogP contribution in [0.4, 0.5) is 4.39 Å². The number of carbonyl (C=O) groups is 1. The molecule has 1 amide bonds. The minimum atomic E-state index is -0.277. The fourth-order valence-electron chi connectivity index (χ4n) is 3.72. The van der Waals surface area contributed by atoms with Gasteiger partial charge >= 0.3 is 0 Å². The third-order valence-electron chi connectivity index (χ3n) is 5.07. The Bertz CT molecular complexity index is 1030. The molecule has 5 nitrogen and oxygen atoms in total. The zero-order valence-corrected chi connectivity index (χ0v) is 14.8. The number of likely N-dealkylation sites (tertiary alicyclic amines) is 1. The van der Waals surface area contributed by atoms with Gasteiger partial charge in [-0.05, 0) is 42.7 Å². The number of fused-ring (bicyclic) bond motifs is 1. The SMILES string of the molecule is O=C(CCc1nc2ccccc2c(=O)[nH]1)N1CCCC1c1ccc(F)cc1. The lowest BCUT2D eigenvalue weighted by molar-refractivity contribution is -0.132. The van der Waals surface area contributed by atoms with Crippen molar-refractivity contribution < 1.29 is 9.18 Å². The summed E-state index contributed by atoms with van der Waals surface area (Å²) in [5.74, 6) is 0.267. The van der Waals surface area contributed by atoms with E-state index in [0.717, 1.165) is 18.4 Å². The smallest absolute Gasteiger partial charge is 0.258 e. The minimum Gasteiger partial charge on any atom is -0.336 e. The van der Waals surface area contributed by atoms with Crippen molar-refractivity contribution in [2.75, 3.05) is 6.54 Å². The van der Waals surface area contributed by atoms with E-state index in [2.05, 4.69) is 9.97 Å². The molecule has 0 radical (unpaired) electrons. The van der Waals surface area contributed by atoms with Crippen LogP contribution in [0.25, 0.3) is 10.9 Å². The Kier molecular flexibility index (Phi) is 4.71. The van der Waals surface area contributed by atoms with Crippen molar-refractivity contribution in [3.05, 3.63) is 76.1 Å². The van der Waals surface area contributed by atoms with Gasteiger partial charge in [0.2, 0.25) is 5.91 Å². The van der Waals surface area contributed by atoms with Crippen LogP contribution in [-0.4, -0.2) is 27.3 Å². The summed E-state index contributed by atoms with van der Waals surface area (Å²) in [4.78, 5) is 34.0. The second-order valence-electron chi connectivity index (χ2n) is 6.83. The average Bonchev–Trinajstić information content (AvgIpc) is 3.17. The fraction of sp³-hybridized carbons (Fsp3) is 0.286. The van der Waals surface area contributed by atoms with Gasteiger partial charge in [-0.25, -0.2) is 9.37 Å². The maximum Gasteiger partial charge on any atom is 0.258 e. The third-order valence-corrected chi connectivity index (χ3v) is 5.07. The monoisotopic (exact) mass is 365 g/mol. The van der Waals surface area contributed by atoms with Gasteiger partial charge in [0.25, 0.3) is 5.56 Å². The molecule has 2 aromatic carbocycles. The predicted molar refractivity (Wildman–Crippen MR) is 101 cm³/mol. The summed E-state index contributed by atoms with van der Waals surface area (Å²) >= 11 is 0. The summed E-state index contributed by atoms with van der Waals surface area (Å²) in [6.07, 6.45) is 2.46. The van der Waals surface area contributed by atoms with E-state index in [9.17, 15) is 14.0 Å². The number of halogens is 1. The Morgan fingerprint density at radius 2 is 1.96 bits per heavy atom. The molecule has 6 heteroatoms. The molecule has 0 spiro atoms. The fourth-order valence-corrected chi connectivity index (χ4v) is 3.72. The van der Waals surface area contributed by atoms with Crippen LogP contribution < -0.4 is 5.56 Å². The summed E-state index contributed by atoms with van der Waals surface area (Å²) in [6.45, 7) is 0.697. The van der Waals surface area contributed by atoms with Crippen LogP contribution in [0.1, 0.15) is 36.7 Å². The number of hydrogen-bond donors (Lipinski definition) is 1. The molecule has 0 bridgehead atoms. The highest BCUT2D eigenvalue weighted by atomic mass is 19.1. The minimum absolute atomic E-state index is 0.0123. The summed E-state index contributed by atoms with van der Waals surface area (Å²) in [5, 5.41) is 0.545. The molecule has 1 aromatic heterocycles. The highest BCUT2D eigenvalue weighted by Gasteiger charge is 2.29. The number of nitrogens with one attached hydrogen (secondary N) is 1. The molecule has 2 heterocycles. The number of aromatic nitrogens is 2. The first-order chi connectivity index (χ1) is 13.1. The van der Waals surface area contributed by atoms with Crippen LogP contribution in [0.15, 0.2) is 53.3 Å². The summed E-state index contributed by atoms with van der Waals surface area (Å²) in [6, 6.07) is 13.5. The van der Waals surface area contributed by atoms with Gasteiger partial charge in [-0.2, -0.15) is 0 Å². The molecule has 0 aliphatic carbocycles. The first kappa shape index (κ1) is 17.4. The van der Waals surface area contributed by atoms with Gasteiger partial charge in [-0.15, -0.1) is 0 Å². The van der Waals surface area contributed by atoms with Crippen LogP contribution in [0, 0.1) is 5.82 Å². The van der Waals surface area contributed by atoms with Crippen molar-refractivity contribution in [1.82, 2.24) is 14.9 Å². The number of aryl methyl sites for hydroxylation is 1. The van der Waals surface area contributed by atoms with Gasteiger partial charge in [-0.3, -0.25) is 9.59 Å². The van der Waals surface area contributed by atoms with Crippen LogP contribution in [0.2, 0.25) is 0 Å². The number of carbonyl (C=O) groups excluding carboxylic acids is 1. The van der Waals surface area contributed by atoms with Gasteiger partial charge in [0.1, 0.15) is 11.6 Å². The Labute approximate surface area is 155 Å². The number of amides is 1. The molecule has 3 aromatic rings. The Morgan fingerprint density at radius 1 is 1.19 bits per heavy atom. The lowest BCUT2D eigenvalue weighted by atomic mass is 10.0. The van der Waals surface area contributed by atoms with Crippen molar-refractivity contribution >= 4 is 16.8 Å². The standard InChI is InChI=1S/C21H20FN3O2/c22-15-9-7-14(8-10-15)18-6-3-13-25(18)20(26)12-11-19-23-17-5-2-1-4-16(17)21(27)24-19/h1-2,4-5,7-10,18H,3,6,11-13H2,(H,23,24,27). The Balaban J connectivity index is 1.47. The Hall–Kier alpha value is -3.02. The first-order valence-electron chi connectivity index (χ1n) is 9.15. The van der Waals surface area contributed by atoms with E-state index in [0.29, 0.717) is 29.7 Å². The number of hydrogen-bond acceptors (Lipinski definition) is 3. The van der Waals surface area contributed by atoms with Gasteiger partial charge in [0.15, 0.2) is 0 Å².